The van der Waals surface area contributed by atoms with Gasteiger partial charge in [-0.25, -0.2) is 0 Å². The highest BCUT2D eigenvalue weighted by Gasteiger charge is 2.33. The molecule has 6 nitrogen and oxygen atoms in total. The molecule has 0 fully saturated rings. The van der Waals surface area contributed by atoms with Crippen molar-refractivity contribution >= 4 is 29.1 Å². The standard InChI is InChI=1S/C27H27Cl2NO5/c1-32-23-8-5-16(12-24(23)33-2)11-22-19-15-26(35-4)25(34-3)14-17(19)9-10-30(22)27(31)18-6-7-20(28)21(29)13-18/h5-8,12-15,22H,9-11H2,1-4H3. The molecule has 8 heteroatoms. The van der Waals surface area contributed by atoms with Crippen molar-refractivity contribution in [3.63, 3.8) is 0 Å². The van der Waals surface area contributed by atoms with Crippen LogP contribution in [-0.4, -0.2) is 45.8 Å². The molecule has 1 atom stereocenters. The fraction of sp³-hybridized carbons (Fsp3) is 0.296. The molecule has 1 heterocycles. The fourth-order valence-electron chi connectivity index (χ4n) is 4.52. The van der Waals surface area contributed by atoms with Crippen LogP contribution in [0.15, 0.2) is 48.5 Å². The van der Waals surface area contributed by atoms with Crippen LogP contribution in [0.1, 0.15) is 33.1 Å². The zero-order valence-corrected chi connectivity index (χ0v) is 21.6. The van der Waals surface area contributed by atoms with Crippen molar-refractivity contribution < 1.29 is 23.7 Å². The molecule has 0 radical (unpaired) electrons. The van der Waals surface area contributed by atoms with Gasteiger partial charge >= 0.3 is 0 Å². The maximum atomic E-state index is 13.7. The monoisotopic (exact) mass is 515 g/mol. The van der Waals surface area contributed by atoms with Gasteiger partial charge in [-0.3, -0.25) is 4.79 Å². The third-order valence-electron chi connectivity index (χ3n) is 6.31. The third kappa shape index (κ3) is 5.00. The van der Waals surface area contributed by atoms with Crippen molar-refractivity contribution in [1.82, 2.24) is 4.90 Å². The van der Waals surface area contributed by atoms with Crippen LogP contribution in [0.3, 0.4) is 0 Å². The largest absolute Gasteiger partial charge is 0.493 e. The highest BCUT2D eigenvalue weighted by molar-refractivity contribution is 6.42. The van der Waals surface area contributed by atoms with Gasteiger partial charge in [-0.15, -0.1) is 0 Å². The van der Waals surface area contributed by atoms with Crippen LogP contribution in [0.25, 0.3) is 0 Å². The first-order chi connectivity index (χ1) is 16.9. The van der Waals surface area contributed by atoms with Gasteiger partial charge < -0.3 is 23.8 Å². The van der Waals surface area contributed by atoms with E-state index in [1.165, 1.54) is 0 Å². The van der Waals surface area contributed by atoms with Crippen LogP contribution in [0.5, 0.6) is 23.0 Å². The first kappa shape index (κ1) is 25.0. The first-order valence-corrected chi connectivity index (χ1v) is 11.9. The van der Waals surface area contributed by atoms with Crippen molar-refractivity contribution in [2.24, 2.45) is 0 Å². The van der Waals surface area contributed by atoms with Crippen molar-refractivity contribution in [2.45, 2.75) is 18.9 Å². The Morgan fingerprint density at radius 2 is 1.49 bits per heavy atom. The number of fused-ring (bicyclic) bond motifs is 1. The summed E-state index contributed by atoms with van der Waals surface area (Å²) in [6.07, 6.45) is 1.25. The summed E-state index contributed by atoms with van der Waals surface area (Å²) in [5.74, 6) is 2.45. The average Bonchev–Trinajstić information content (AvgIpc) is 2.89. The summed E-state index contributed by atoms with van der Waals surface area (Å²) in [4.78, 5) is 15.6. The minimum Gasteiger partial charge on any atom is -0.493 e. The number of amides is 1. The van der Waals surface area contributed by atoms with Gasteiger partial charge in [-0.05, 0) is 72.0 Å². The molecule has 0 aliphatic carbocycles. The zero-order chi connectivity index (χ0) is 25.1. The second-order valence-electron chi connectivity index (χ2n) is 8.19. The van der Waals surface area contributed by atoms with Crippen LogP contribution in [0, 0.1) is 0 Å². The Balaban J connectivity index is 1.79. The van der Waals surface area contributed by atoms with Crippen LogP contribution >= 0.6 is 23.2 Å². The number of carbonyl (C=O) groups excluding carboxylic acids is 1. The Morgan fingerprint density at radius 1 is 0.829 bits per heavy atom. The van der Waals surface area contributed by atoms with Gasteiger partial charge in [0.1, 0.15) is 0 Å². The average molecular weight is 516 g/mol. The number of carbonyl (C=O) groups is 1. The molecule has 1 unspecified atom stereocenters. The molecule has 1 amide bonds. The predicted molar refractivity (Wildman–Crippen MR) is 137 cm³/mol. The molecule has 0 aromatic heterocycles. The number of hydrogen-bond acceptors (Lipinski definition) is 5. The molecule has 1 aliphatic rings. The smallest absolute Gasteiger partial charge is 0.254 e. The van der Waals surface area contributed by atoms with Crippen molar-refractivity contribution in [2.75, 3.05) is 35.0 Å². The highest BCUT2D eigenvalue weighted by atomic mass is 35.5. The van der Waals surface area contributed by atoms with Crippen LogP contribution in [-0.2, 0) is 12.8 Å². The van der Waals surface area contributed by atoms with Gasteiger partial charge in [0, 0.05) is 12.1 Å². The quantitative estimate of drug-likeness (QED) is 0.385. The molecular weight excluding hydrogens is 489 g/mol. The lowest BCUT2D eigenvalue weighted by atomic mass is 9.87. The summed E-state index contributed by atoms with van der Waals surface area (Å²) >= 11 is 12.3. The molecule has 1 aliphatic heterocycles. The summed E-state index contributed by atoms with van der Waals surface area (Å²) < 4.78 is 22.0. The molecule has 0 N–H and O–H groups in total. The van der Waals surface area contributed by atoms with Crippen molar-refractivity contribution in [1.29, 1.82) is 0 Å². The lowest BCUT2D eigenvalue weighted by molar-refractivity contribution is 0.0659. The van der Waals surface area contributed by atoms with Crippen molar-refractivity contribution in [3.8, 4) is 23.0 Å². The number of rotatable bonds is 7. The highest BCUT2D eigenvalue weighted by Crippen LogP contribution is 2.41. The van der Waals surface area contributed by atoms with E-state index >= 15 is 0 Å². The molecular formula is C27H27Cl2NO5. The van der Waals surface area contributed by atoms with E-state index in [0.717, 1.165) is 16.7 Å². The van der Waals surface area contributed by atoms with Crippen LogP contribution in [0.4, 0.5) is 0 Å². The first-order valence-electron chi connectivity index (χ1n) is 11.1. The van der Waals surface area contributed by atoms with Crippen LogP contribution in [0.2, 0.25) is 10.0 Å². The summed E-state index contributed by atoms with van der Waals surface area (Å²) in [7, 11) is 6.43. The lowest BCUT2D eigenvalue weighted by Crippen LogP contribution is -2.41. The Labute approximate surface area is 215 Å². The Kier molecular flexibility index (Phi) is 7.63. The molecule has 0 spiro atoms. The topological polar surface area (TPSA) is 57.2 Å². The number of ether oxygens (including phenoxy) is 4. The van der Waals surface area contributed by atoms with Gasteiger partial charge in [0.25, 0.3) is 5.91 Å². The Bertz CT molecular complexity index is 1250. The maximum absolute atomic E-state index is 13.7. The summed E-state index contributed by atoms with van der Waals surface area (Å²) in [6, 6.07) is 14.5. The van der Waals surface area contributed by atoms with E-state index in [2.05, 4.69) is 0 Å². The normalized spacial score (nSPS) is 14.8. The number of benzene rings is 3. The van der Waals surface area contributed by atoms with E-state index in [0.29, 0.717) is 58.0 Å². The van der Waals surface area contributed by atoms with Crippen LogP contribution < -0.4 is 18.9 Å². The second-order valence-corrected chi connectivity index (χ2v) is 9.01. The van der Waals surface area contributed by atoms with Gasteiger partial charge in [0.2, 0.25) is 0 Å². The van der Waals surface area contributed by atoms with Gasteiger partial charge in [-0.2, -0.15) is 0 Å². The minimum absolute atomic E-state index is 0.116. The van der Waals surface area contributed by atoms with E-state index in [4.69, 9.17) is 42.1 Å². The molecule has 0 saturated carbocycles. The maximum Gasteiger partial charge on any atom is 0.254 e. The third-order valence-corrected chi connectivity index (χ3v) is 7.05. The van der Waals surface area contributed by atoms with E-state index in [1.807, 2.05) is 35.2 Å². The Morgan fingerprint density at radius 3 is 2.14 bits per heavy atom. The molecule has 0 saturated heterocycles. The van der Waals surface area contributed by atoms with E-state index < -0.39 is 0 Å². The fourth-order valence-corrected chi connectivity index (χ4v) is 4.82. The molecule has 35 heavy (non-hydrogen) atoms. The molecule has 184 valence electrons. The summed E-state index contributed by atoms with van der Waals surface area (Å²) in [6.45, 7) is 0.541. The molecule has 4 rings (SSSR count). The van der Waals surface area contributed by atoms with Crippen molar-refractivity contribution in [3.05, 3.63) is 80.8 Å². The van der Waals surface area contributed by atoms with Gasteiger partial charge in [0.15, 0.2) is 23.0 Å². The lowest BCUT2D eigenvalue weighted by Gasteiger charge is -2.38. The number of halogens is 2. The summed E-state index contributed by atoms with van der Waals surface area (Å²) in [5.41, 5.74) is 3.62. The van der Waals surface area contributed by atoms with E-state index in [9.17, 15) is 4.79 Å². The Hall–Kier alpha value is -3.09. The van der Waals surface area contributed by atoms with E-state index in [-0.39, 0.29) is 11.9 Å². The molecule has 0 bridgehead atoms. The number of methoxy groups -OCH3 is 4. The predicted octanol–water partition coefficient (Wildman–Crippen LogP) is 6.01. The zero-order valence-electron chi connectivity index (χ0n) is 20.1. The number of nitrogens with zero attached hydrogens (tertiary/aromatic N) is 1. The summed E-state index contributed by atoms with van der Waals surface area (Å²) in [5, 5.41) is 0.753. The number of hydrogen-bond donors (Lipinski definition) is 0. The molecule has 3 aromatic carbocycles. The van der Waals surface area contributed by atoms with Gasteiger partial charge in [-0.1, -0.05) is 29.3 Å². The SMILES string of the molecule is COc1ccc(CC2c3cc(OC)c(OC)cc3CCN2C(=O)c2ccc(Cl)c(Cl)c2)cc1OC. The van der Waals surface area contributed by atoms with E-state index in [1.54, 1.807) is 46.6 Å². The molecule has 3 aromatic rings. The van der Waals surface area contributed by atoms with Gasteiger partial charge in [0.05, 0.1) is 44.5 Å². The minimum atomic E-state index is -0.251. The second kappa shape index (κ2) is 10.7.